The molecule has 1 aromatic heterocycles. The summed E-state index contributed by atoms with van der Waals surface area (Å²) >= 11 is 0. The maximum Gasteiger partial charge on any atom is 0.261 e. The number of nitrogens with zero attached hydrogens (tertiary/aromatic N) is 2. The monoisotopic (exact) mass is 420 g/mol. The molecule has 1 fully saturated rings. The summed E-state index contributed by atoms with van der Waals surface area (Å²) in [6.45, 7) is 1.40. The van der Waals surface area contributed by atoms with Crippen LogP contribution in [0.3, 0.4) is 0 Å². The second kappa shape index (κ2) is 8.59. The predicted molar refractivity (Wildman–Crippen MR) is 119 cm³/mol. The summed E-state index contributed by atoms with van der Waals surface area (Å²) in [6, 6.07) is 12.5. The molecule has 2 N–H and O–H groups in total. The molecule has 2 amide bonds. The van der Waals surface area contributed by atoms with Crippen LogP contribution in [0.25, 0.3) is 10.9 Å². The van der Waals surface area contributed by atoms with E-state index in [0.29, 0.717) is 40.3 Å². The molecule has 0 aliphatic heterocycles. The van der Waals surface area contributed by atoms with Crippen molar-refractivity contribution in [2.45, 2.75) is 38.6 Å². The summed E-state index contributed by atoms with van der Waals surface area (Å²) in [7, 11) is 1.53. The number of methoxy groups -OCH3 is 1. The minimum absolute atomic E-state index is 0.0516. The van der Waals surface area contributed by atoms with Gasteiger partial charge in [0.15, 0.2) is 0 Å². The maximum atomic E-state index is 13.0. The van der Waals surface area contributed by atoms with E-state index in [-0.39, 0.29) is 29.8 Å². The number of fused-ring (bicyclic) bond motifs is 1. The Labute approximate surface area is 179 Å². The van der Waals surface area contributed by atoms with E-state index in [1.54, 1.807) is 28.8 Å². The summed E-state index contributed by atoms with van der Waals surface area (Å²) in [5.41, 5.74) is 1.52. The smallest absolute Gasteiger partial charge is 0.261 e. The number of aryl methyl sites for hydroxylation is 1. The van der Waals surface area contributed by atoms with Gasteiger partial charge in [-0.3, -0.25) is 19.0 Å². The highest BCUT2D eigenvalue weighted by molar-refractivity contribution is 5.99. The van der Waals surface area contributed by atoms with Crippen LogP contribution in [0.15, 0.2) is 47.3 Å². The van der Waals surface area contributed by atoms with E-state index in [4.69, 9.17) is 4.74 Å². The molecule has 1 aliphatic carbocycles. The van der Waals surface area contributed by atoms with Crippen molar-refractivity contribution in [3.05, 3.63) is 58.6 Å². The lowest BCUT2D eigenvalue weighted by molar-refractivity contribution is -0.116. The molecule has 8 heteroatoms. The number of nitrogens with one attached hydrogen (secondary N) is 2. The van der Waals surface area contributed by atoms with Gasteiger partial charge in [0, 0.05) is 31.9 Å². The van der Waals surface area contributed by atoms with Crippen molar-refractivity contribution in [2.24, 2.45) is 0 Å². The Kier molecular flexibility index (Phi) is 5.70. The number of para-hydroxylation sites is 1. The molecule has 8 nitrogen and oxygen atoms in total. The fraction of sp³-hybridized carbons (Fsp3) is 0.304. The highest BCUT2D eigenvalue weighted by Crippen LogP contribution is 2.35. The van der Waals surface area contributed by atoms with Gasteiger partial charge in [-0.05, 0) is 37.1 Å². The SMILES string of the molecule is COc1ccc(NC(C)=O)c(NC(=O)CCc2nc3ccccc3c(=O)n2C2CC2)c1. The van der Waals surface area contributed by atoms with E-state index >= 15 is 0 Å². The van der Waals surface area contributed by atoms with Crippen molar-refractivity contribution < 1.29 is 14.3 Å². The number of hydrogen-bond donors (Lipinski definition) is 2. The van der Waals surface area contributed by atoms with Gasteiger partial charge >= 0.3 is 0 Å². The van der Waals surface area contributed by atoms with Crippen molar-refractivity contribution in [1.29, 1.82) is 0 Å². The zero-order chi connectivity index (χ0) is 22.0. The molecule has 0 spiro atoms. The molecule has 2 aromatic carbocycles. The molecule has 0 atom stereocenters. The van der Waals surface area contributed by atoms with Crippen molar-refractivity contribution in [3.8, 4) is 5.75 Å². The molecular weight excluding hydrogens is 396 g/mol. The zero-order valence-electron chi connectivity index (χ0n) is 17.5. The Balaban J connectivity index is 1.55. The van der Waals surface area contributed by atoms with Crippen LogP contribution in [-0.2, 0) is 16.0 Å². The lowest BCUT2D eigenvalue weighted by Crippen LogP contribution is -2.25. The molecule has 3 aromatic rings. The van der Waals surface area contributed by atoms with Gasteiger partial charge in [0.2, 0.25) is 11.8 Å². The molecular formula is C23H24N4O4. The van der Waals surface area contributed by atoms with Gasteiger partial charge in [-0.1, -0.05) is 12.1 Å². The second-order valence-corrected chi connectivity index (χ2v) is 7.59. The molecule has 0 radical (unpaired) electrons. The van der Waals surface area contributed by atoms with Crippen LogP contribution in [0, 0.1) is 0 Å². The minimum Gasteiger partial charge on any atom is -0.497 e. The first kappa shape index (κ1) is 20.6. The summed E-state index contributed by atoms with van der Waals surface area (Å²) < 4.78 is 6.96. The lowest BCUT2D eigenvalue weighted by Gasteiger charge is -2.14. The average molecular weight is 420 g/mol. The fourth-order valence-corrected chi connectivity index (χ4v) is 3.57. The maximum absolute atomic E-state index is 13.0. The van der Waals surface area contributed by atoms with Gasteiger partial charge in [0.1, 0.15) is 11.6 Å². The molecule has 0 saturated heterocycles. The highest BCUT2D eigenvalue weighted by Gasteiger charge is 2.28. The molecule has 1 heterocycles. The summed E-state index contributed by atoms with van der Waals surface area (Å²) in [4.78, 5) is 41.8. The summed E-state index contributed by atoms with van der Waals surface area (Å²) in [5.74, 6) is 0.691. The Morgan fingerprint density at radius 3 is 2.61 bits per heavy atom. The molecule has 31 heavy (non-hydrogen) atoms. The first-order valence-corrected chi connectivity index (χ1v) is 10.2. The normalized spacial score (nSPS) is 13.1. The summed E-state index contributed by atoms with van der Waals surface area (Å²) in [5, 5.41) is 6.12. The predicted octanol–water partition coefficient (Wildman–Crippen LogP) is 3.27. The quantitative estimate of drug-likeness (QED) is 0.611. The second-order valence-electron chi connectivity index (χ2n) is 7.59. The number of anilines is 2. The molecule has 0 unspecified atom stereocenters. The van der Waals surface area contributed by atoms with Crippen LogP contribution in [-0.4, -0.2) is 28.5 Å². The van der Waals surface area contributed by atoms with Crippen LogP contribution < -0.4 is 20.9 Å². The number of ether oxygens (including phenoxy) is 1. The van der Waals surface area contributed by atoms with Crippen molar-refractivity contribution in [3.63, 3.8) is 0 Å². The molecule has 1 saturated carbocycles. The molecule has 4 rings (SSSR count). The van der Waals surface area contributed by atoms with Gasteiger partial charge in [0.25, 0.3) is 5.56 Å². The Morgan fingerprint density at radius 1 is 1.13 bits per heavy atom. The van der Waals surface area contributed by atoms with Crippen molar-refractivity contribution in [1.82, 2.24) is 9.55 Å². The van der Waals surface area contributed by atoms with E-state index in [9.17, 15) is 14.4 Å². The molecule has 160 valence electrons. The van der Waals surface area contributed by atoms with Crippen LogP contribution in [0.2, 0.25) is 0 Å². The first-order valence-electron chi connectivity index (χ1n) is 10.2. The van der Waals surface area contributed by atoms with E-state index < -0.39 is 0 Å². The minimum atomic E-state index is -0.246. The third-order valence-corrected chi connectivity index (χ3v) is 5.18. The fourth-order valence-electron chi connectivity index (χ4n) is 3.57. The van der Waals surface area contributed by atoms with Gasteiger partial charge in [-0.15, -0.1) is 0 Å². The third-order valence-electron chi connectivity index (χ3n) is 5.18. The van der Waals surface area contributed by atoms with E-state index in [2.05, 4.69) is 15.6 Å². The number of hydrogen-bond acceptors (Lipinski definition) is 5. The van der Waals surface area contributed by atoms with E-state index in [1.165, 1.54) is 14.0 Å². The third kappa shape index (κ3) is 4.58. The standard InChI is InChI=1S/C23H24N4O4/c1-14(28)24-19-10-9-16(31-2)13-20(19)26-22(29)12-11-21-25-18-6-4-3-5-17(18)23(30)27(21)15-7-8-15/h3-6,9-10,13,15H,7-8,11-12H2,1-2H3,(H,24,28)(H,26,29). The summed E-state index contributed by atoms with van der Waals surface area (Å²) in [6.07, 6.45) is 2.38. The first-order chi connectivity index (χ1) is 15.0. The van der Waals surface area contributed by atoms with Crippen LogP contribution >= 0.6 is 0 Å². The van der Waals surface area contributed by atoms with Gasteiger partial charge in [0.05, 0.1) is 29.4 Å². The van der Waals surface area contributed by atoms with Crippen LogP contribution in [0.4, 0.5) is 11.4 Å². The number of amides is 2. The molecule has 1 aliphatic rings. The zero-order valence-corrected chi connectivity index (χ0v) is 17.5. The lowest BCUT2D eigenvalue weighted by atomic mass is 10.2. The number of benzene rings is 2. The van der Waals surface area contributed by atoms with Crippen LogP contribution in [0.1, 0.15) is 38.1 Å². The average Bonchev–Trinajstić information content (AvgIpc) is 3.58. The van der Waals surface area contributed by atoms with Gasteiger partial charge in [-0.25, -0.2) is 4.98 Å². The van der Waals surface area contributed by atoms with Crippen molar-refractivity contribution in [2.75, 3.05) is 17.7 Å². The number of carbonyl (C=O) groups is 2. The topological polar surface area (TPSA) is 102 Å². The Bertz CT molecular complexity index is 1210. The number of aromatic nitrogens is 2. The van der Waals surface area contributed by atoms with Crippen LogP contribution in [0.5, 0.6) is 5.75 Å². The van der Waals surface area contributed by atoms with Gasteiger partial charge in [-0.2, -0.15) is 0 Å². The number of carbonyl (C=O) groups excluding carboxylic acids is 2. The van der Waals surface area contributed by atoms with E-state index in [0.717, 1.165) is 12.8 Å². The Hall–Kier alpha value is -3.68. The Morgan fingerprint density at radius 2 is 1.90 bits per heavy atom. The van der Waals surface area contributed by atoms with Crippen molar-refractivity contribution >= 4 is 34.1 Å². The van der Waals surface area contributed by atoms with E-state index in [1.807, 2.05) is 18.2 Å². The number of rotatable bonds is 7. The molecule has 0 bridgehead atoms. The highest BCUT2D eigenvalue weighted by atomic mass is 16.5. The van der Waals surface area contributed by atoms with Gasteiger partial charge < -0.3 is 15.4 Å². The largest absolute Gasteiger partial charge is 0.497 e.